The van der Waals surface area contributed by atoms with Gasteiger partial charge in [-0.05, 0) is 57.8 Å². The second-order valence-corrected chi connectivity index (χ2v) is 8.65. The van der Waals surface area contributed by atoms with E-state index in [0.29, 0.717) is 40.5 Å². The number of thioether (sulfide) groups is 1. The zero-order chi connectivity index (χ0) is 23.5. The van der Waals surface area contributed by atoms with Crippen molar-refractivity contribution < 1.29 is 22.7 Å². The van der Waals surface area contributed by atoms with E-state index in [1.807, 2.05) is 25.9 Å². The molecule has 1 fully saturated rings. The minimum absolute atomic E-state index is 0.0347. The predicted octanol–water partition coefficient (Wildman–Crippen LogP) is 4.61. The van der Waals surface area contributed by atoms with Crippen molar-refractivity contribution in [3.63, 3.8) is 0 Å². The third kappa shape index (κ3) is 5.95. The molecule has 1 aromatic rings. The summed E-state index contributed by atoms with van der Waals surface area (Å²) < 4.78 is 40.9. The van der Waals surface area contributed by atoms with E-state index in [1.54, 1.807) is 6.08 Å². The molecule has 1 aromatic carbocycles. The maximum atomic E-state index is 13.0. The van der Waals surface area contributed by atoms with Crippen LogP contribution in [0.3, 0.4) is 0 Å². The lowest BCUT2D eigenvalue weighted by Gasteiger charge is -2.20. The third-order valence-electron chi connectivity index (χ3n) is 5.14. The Kier molecular flexibility index (Phi) is 7.35. The van der Waals surface area contributed by atoms with Crippen molar-refractivity contribution in [3.05, 3.63) is 59.3 Å². The minimum Gasteiger partial charge on any atom is -0.406 e. The number of anilines is 1. The molecule has 2 aliphatic heterocycles. The molecule has 2 aliphatic rings. The first kappa shape index (κ1) is 23.9. The summed E-state index contributed by atoms with van der Waals surface area (Å²) in [5.41, 5.74) is 2.02. The van der Waals surface area contributed by atoms with Crippen LogP contribution in [0.2, 0.25) is 0 Å². The second-order valence-electron chi connectivity index (χ2n) is 7.62. The number of likely N-dealkylation sites (N-methyl/N-ethyl adjacent to an activating group) is 1. The van der Waals surface area contributed by atoms with Crippen LogP contribution in [0.1, 0.15) is 13.3 Å². The number of aliphatic imine (C=N–C) groups is 1. The van der Waals surface area contributed by atoms with Gasteiger partial charge in [0.25, 0.3) is 5.91 Å². The van der Waals surface area contributed by atoms with Gasteiger partial charge in [-0.1, -0.05) is 18.3 Å². The Morgan fingerprint density at radius 1 is 1.34 bits per heavy atom. The van der Waals surface area contributed by atoms with E-state index < -0.39 is 6.36 Å². The second kappa shape index (κ2) is 9.83. The van der Waals surface area contributed by atoms with Crippen molar-refractivity contribution in [1.29, 1.82) is 0 Å². The minimum atomic E-state index is -4.74. The van der Waals surface area contributed by atoms with Crippen molar-refractivity contribution in [2.75, 3.05) is 32.5 Å². The van der Waals surface area contributed by atoms with Gasteiger partial charge in [0.15, 0.2) is 0 Å². The number of hydrogen-bond acceptors (Lipinski definition) is 6. The van der Waals surface area contributed by atoms with Gasteiger partial charge in [0.05, 0.1) is 4.91 Å². The molecular formula is C22H25F3N4O2S. The highest BCUT2D eigenvalue weighted by molar-refractivity contribution is 8.18. The van der Waals surface area contributed by atoms with Crippen molar-refractivity contribution in [2.45, 2.75) is 25.7 Å². The first-order valence-electron chi connectivity index (χ1n) is 9.95. The molecule has 1 N–H and O–H groups in total. The van der Waals surface area contributed by atoms with Gasteiger partial charge in [-0.15, -0.1) is 13.2 Å². The molecule has 10 heteroatoms. The van der Waals surface area contributed by atoms with Crippen LogP contribution in [0.15, 0.2) is 64.3 Å². The molecule has 1 amide bonds. The molecule has 0 bridgehead atoms. The van der Waals surface area contributed by atoms with Crippen LogP contribution < -0.4 is 10.1 Å². The molecule has 0 saturated carbocycles. The Morgan fingerprint density at radius 3 is 2.59 bits per heavy atom. The molecule has 0 radical (unpaired) electrons. The lowest BCUT2D eigenvalue weighted by molar-refractivity contribution is -0.274. The fourth-order valence-electron chi connectivity index (χ4n) is 3.46. The standard InChI is InChI=1S/C22H25F3N4O2S/c1-5-26-20-18(12-19(32-20)21(30)29-11-10-16(13-29)28(3)4)14(2)27-15-6-8-17(9-7-15)31-22(23,24)25/h5-9,12,16,27H,1,10-11,13H2,2-4H3/b18-14+,26-20+. The summed E-state index contributed by atoms with van der Waals surface area (Å²) in [4.78, 5) is 21.9. The summed E-state index contributed by atoms with van der Waals surface area (Å²) in [6.07, 6.45) is -0.596. The number of carbonyl (C=O) groups excluding carboxylic acids is 1. The fraction of sp³-hybridized carbons (Fsp3) is 0.364. The Labute approximate surface area is 189 Å². The number of amides is 1. The topological polar surface area (TPSA) is 57.2 Å². The molecule has 6 nitrogen and oxygen atoms in total. The number of likely N-dealkylation sites (tertiary alicyclic amines) is 1. The van der Waals surface area contributed by atoms with Crippen LogP contribution in [0, 0.1) is 0 Å². The number of benzene rings is 1. The van der Waals surface area contributed by atoms with Crippen molar-refractivity contribution in [1.82, 2.24) is 9.80 Å². The van der Waals surface area contributed by atoms with Gasteiger partial charge in [-0.3, -0.25) is 4.79 Å². The van der Waals surface area contributed by atoms with Gasteiger partial charge in [0.1, 0.15) is 10.8 Å². The smallest absolute Gasteiger partial charge is 0.406 e. The number of alkyl halides is 3. The first-order valence-corrected chi connectivity index (χ1v) is 10.8. The van der Waals surface area contributed by atoms with E-state index in [0.717, 1.165) is 12.0 Å². The molecule has 1 saturated heterocycles. The van der Waals surface area contributed by atoms with Crippen LogP contribution >= 0.6 is 11.8 Å². The van der Waals surface area contributed by atoms with E-state index in [9.17, 15) is 18.0 Å². The van der Waals surface area contributed by atoms with E-state index in [-0.39, 0.29) is 11.7 Å². The number of hydrogen-bond donors (Lipinski definition) is 1. The summed E-state index contributed by atoms with van der Waals surface area (Å²) in [6, 6.07) is 5.78. The van der Waals surface area contributed by atoms with Crippen molar-refractivity contribution in [2.24, 2.45) is 4.99 Å². The normalized spacial score (nSPS) is 21.7. The van der Waals surface area contributed by atoms with Crippen molar-refractivity contribution in [3.8, 4) is 5.75 Å². The number of halogens is 3. The maximum absolute atomic E-state index is 13.0. The van der Waals surface area contributed by atoms with Gasteiger partial charge in [0.2, 0.25) is 0 Å². The van der Waals surface area contributed by atoms with Gasteiger partial charge in [-0.2, -0.15) is 0 Å². The lowest BCUT2D eigenvalue weighted by atomic mass is 10.2. The Hall–Kier alpha value is -2.72. The summed E-state index contributed by atoms with van der Waals surface area (Å²) in [6.45, 7) is 6.85. The maximum Gasteiger partial charge on any atom is 0.573 e. The first-order chi connectivity index (χ1) is 15.1. The average Bonchev–Trinajstić information content (AvgIpc) is 3.36. The zero-order valence-electron chi connectivity index (χ0n) is 18.1. The van der Waals surface area contributed by atoms with E-state index in [2.05, 4.69) is 26.5 Å². The van der Waals surface area contributed by atoms with Crippen LogP contribution in [-0.2, 0) is 4.79 Å². The van der Waals surface area contributed by atoms with Gasteiger partial charge in [0, 0.05) is 42.3 Å². The number of carbonyl (C=O) groups is 1. The highest BCUT2D eigenvalue weighted by Crippen LogP contribution is 2.36. The number of nitrogens with one attached hydrogen (secondary N) is 1. The predicted molar refractivity (Wildman–Crippen MR) is 121 cm³/mol. The SMILES string of the molecule is C=C/N=C1/SC(C(=O)N2CCC(N(C)C)C2)=C/C1=C(/C)Nc1ccc(OC(F)(F)F)cc1. The molecule has 0 aliphatic carbocycles. The fourth-order valence-corrected chi connectivity index (χ4v) is 4.51. The highest BCUT2D eigenvalue weighted by Gasteiger charge is 2.33. The van der Waals surface area contributed by atoms with Crippen LogP contribution in [0.25, 0.3) is 0 Å². The van der Waals surface area contributed by atoms with Crippen LogP contribution in [-0.4, -0.2) is 60.3 Å². The Morgan fingerprint density at radius 2 is 2.03 bits per heavy atom. The number of allylic oxidation sites excluding steroid dienone is 2. The largest absolute Gasteiger partial charge is 0.573 e. The molecule has 0 spiro atoms. The third-order valence-corrected chi connectivity index (χ3v) is 6.17. The molecule has 1 unspecified atom stereocenters. The van der Waals surface area contributed by atoms with Gasteiger partial charge >= 0.3 is 6.36 Å². The molecule has 2 heterocycles. The molecule has 172 valence electrons. The van der Waals surface area contributed by atoms with Crippen molar-refractivity contribution >= 4 is 28.4 Å². The van der Waals surface area contributed by atoms with Gasteiger partial charge in [-0.25, -0.2) is 4.99 Å². The number of ether oxygens (including phenoxy) is 1. The quantitative estimate of drug-likeness (QED) is 0.664. The molecule has 3 rings (SSSR count). The molecule has 1 atom stereocenters. The van der Waals surface area contributed by atoms with E-state index >= 15 is 0 Å². The summed E-state index contributed by atoms with van der Waals surface area (Å²) in [5, 5.41) is 3.78. The summed E-state index contributed by atoms with van der Waals surface area (Å²) >= 11 is 1.29. The molecular weight excluding hydrogens is 441 g/mol. The summed E-state index contributed by atoms with van der Waals surface area (Å²) in [7, 11) is 4.02. The van der Waals surface area contributed by atoms with E-state index in [4.69, 9.17) is 0 Å². The zero-order valence-corrected chi connectivity index (χ0v) is 18.9. The monoisotopic (exact) mass is 466 g/mol. The lowest BCUT2D eigenvalue weighted by Crippen LogP contribution is -2.34. The Bertz CT molecular complexity index is 968. The highest BCUT2D eigenvalue weighted by atomic mass is 32.2. The number of nitrogens with zero attached hydrogens (tertiary/aromatic N) is 3. The van der Waals surface area contributed by atoms with E-state index in [1.165, 1.54) is 42.2 Å². The summed E-state index contributed by atoms with van der Waals surface area (Å²) in [5.74, 6) is -0.333. The van der Waals surface area contributed by atoms with Gasteiger partial charge < -0.3 is 19.9 Å². The molecule has 32 heavy (non-hydrogen) atoms. The number of rotatable bonds is 6. The Balaban J connectivity index is 1.77. The van der Waals surface area contributed by atoms with Crippen LogP contribution in [0.5, 0.6) is 5.75 Å². The molecule has 0 aromatic heterocycles. The van der Waals surface area contributed by atoms with Crippen LogP contribution in [0.4, 0.5) is 18.9 Å². The average molecular weight is 467 g/mol.